The molecule has 1 aromatic carbocycles. The van der Waals surface area contributed by atoms with Crippen LogP contribution in [0.15, 0.2) is 43.0 Å². The second-order valence-electron chi connectivity index (χ2n) is 3.90. The van der Waals surface area contributed by atoms with Crippen molar-refractivity contribution in [2.75, 3.05) is 18.5 Å². The number of unbranched alkanes of at least 4 members (excludes halogenated alkanes) is 3. The number of para-hydroxylation sites is 1. The second kappa shape index (κ2) is 7.10. The zero-order chi connectivity index (χ0) is 10.9. The van der Waals surface area contributed by atoms with Crippen molar-refractivity contribution in [2.24, 2.45) is 0 Å². The monoisotopic (exact) mass is 203 g/mol. The number of allylic oxidation sites excluding steroid dienone is 1. The smallest absolute Gasteiger partial charge is 0.0363 e. The van der Waals surface area contributed by atoms with Crippen LogP contribution in [0.1, 0.15) is 25.7 Å². The van der Waals surface area contributed by atoms with Gasteiger partial charge in [0, 0.05) is 19.3 Å². The van der Waals surface area contributed by atoms with Gasteiger partial charge >= 0.3 is 0 Å². The molecule has 0 radical (unpaired) electrons. The van der Waals surface area contributed by atoms with Crippen LogP contribution in [-0.4, -0.2) is 13.6 Å². The van der Waals surface area contributed by atoms with E-state index in [0.717, 1.165) is 13.0 Å². The van der Waals surface area contributed by atoms with Gasteiger partial charge in [-0.15, -0.1) is 6.58 Å². The van der Waals surface area contributed by atoms with Crippen molar-refractivity contribution >= 4 is 5.69 Å². The summed E-state index contributed by atoms with van der Waals surface area (Å²) in [6, 6.07) is 10.5. The Kier molecular flexibility index (Phi) is 5.60. The highest BCUT2D eigenvalue weighted by Crippen LogP contribution is 2.12. The molecular weight excluding hydrogens is 182 g/mol. The lowest BCUT2D eigenvalue weighted by atomic mass is 10.2. The van der Waals surface area contributed by atoms with E-state index in [2.05, 4.69) is 48.9 Å². The molecule has 0 spiro atoms. The first-order chi connectivity index (χ1) is 7.34. The molecule has 0 aromatic heterocycles. The molecule has 15 heavy (non-hydrogen) atoms. The van der Waals surface area contributed by atoms with Gasteiger partial charge in [-0.1, -0.05) is 30.7 Å². The summed E-state index contributed by atoms with van der Waals surface area (Å²) in [6.07, 6.45) is 6.98. The third-order valence-electron chi connectivity index (χ3n) is 2.60. The van der Waals surface area contributed by atoms with Crippen molar-refractivity contribution in [2.45, 2.75) is 25.7 Å². The van der Waals surface area contributed by atoms with Crippen molar-refractivity contribution in [1.82, 2.24) is 0 Å². The zero-order valence-corrected chi connectivity index (χ0v) is 9.65. The normalized spacial score (nSPS) is 9.93. The summed E-state index contributed by atoms with van der Waals surface area (Å²) in [5.41, 5.74) is 1.31. The Morgan fingerprint density at radius 1 is 1.13 bits per heavy atom. The average Bonchev–Trinajstić information content (AvgIpc) is 2.30. The molecule has 1 aromatic rings. The minimum atomic E-state index is 1.14. The van der Waals surface area contributed by atoms with E-state index >= 15 is 0 Å². The molecule has 0 amide bonds. The predicted octanol–water partition coefficient (Wildman–Crippen LogP) is 3.87. The molecule has 1 rings (SSSR count). The Hall–Kier alpha value is -1.24. The van der Waals surface area contributed by atoms with Crippen molar-refractivity contribution in [3.63, 3.8) is 0 Å². The van der Waals surface area contributed by atoms with E-state index in [-0.39, 0.29) is 0 Å². The fourth-order valence-corrected chi connectivity index (χ4v) is 1.63. The number of nitrogens with zero attached hydrogens (tertiary/aromatic N) is 1. The zero-order valence-electron chi connectivity index (χ0n) is 9.65. The molecule has 0 fully saturated rings. The van der Waals surface area contributed by atoms with Crippen LogP contribution in [0.3, 0.4) is 0 Å². The topological polar surface area (TPSA) is 3.24 Å². The molecule has 1 heteroatoms. The number of rotatable bonds is 7. The van der Waals surface area contributed by atoms with Crippen LogP contribution in [0.2, 0.25) is 0 Å². The summed E-state index contributed by atoms with van der Waals surface area (Å²) < 4.78 is 0. The summed E-state index contributed by atoms with van der Waals surface area (Å²) in [6.45, 7) is 4.87. The Morgan fingerprint density at radius 2 is 1.87 bits per heavy atom. The SMILES string of the molecule is C=CCCCCCN(C)c1ccccc1. The van der Waals surface area contributed by atoms with Crippen LogP contribution >= 0.6 is 0 Å². The molecule has 1 nitrogen and oxygen atoms in total. The van der Waals surface area contributed by atoms with Crippen LogP contribution in [-0.2, 0) is 0 Å². The lowest BCUT2D eigenvalue weighted by Crippen LogP contribution is -2.18. The van der Waals surface area contributed by atoms with E-state index in [1.54, 1.807) is 0 Å². The number of hydrogen-bond acceptors (Lipinski definition) is 1. The minimum absolute atomic E-state index is 1.14. The molecule has 0 aliphatic heterocycles. The van der Waals surface area contributed by atoms with Crippen molar-refractivity contribution in [1.29, 1.82) is 0 Å². The van der Waals surface area contributed by atoms with Gasteiger partial charge in [0.05, 0.1) is 0 Å². The number of anilines is 1. The summed E-state index contributed by atoms with van der Waals surface area (Å²) in [7, 11) is 2.16. The molecule has 0 aliphatic rings. The maximum atomic E-state index is 3.73. The molecule has 0 unspecified atom stereocenters. The van der Waals surface area contributed by atoms with Crippen LogP contribution in [0.4, 0.5) is 5.69 Å². The Morgan fingerprint density at radius 3 is 2.53 bits per heavy atom. The van der Waals surface area contributed by atoms with Crippen LogP contribution < -0.4 is 4.90 Å². The minimum Gasteiger partial charge on any atom is -0.375 e. The largest absolute Gasteiger partial charge is 0.375 e. The molecule has 0 N–H and O–H groups in total. The van der Waals surface area contributed by atoms with Crippen molar-refractivity contribution in [3.8, 4) is 0 Å². The van der Waals surface area contributed by atoms with E-state index in [4.69, 9.17) is 0 Å². The molecule has 0 atom stereocenters. The van der Waals surface area contributed by atoms with E-state index in [9.17, 15) is 0 Å². The molecule has 0 saturated carbocycles. The third-order valence-corrected chi connectivity index (χ3v) is 2.60. The van der Waals surface area contributed by atoms with Crippen molar-refractivity contribution < 1.29 is 0 Å². The number of hydrogen-bond donors (Lipinski definition) is 0. The molecule has 0 heterocycles. The average molecular weight is 203 g/mol. The summed E-state index contributed by atoms with van der Waals surface area (Å²) in [4.78, 5) is 2.31. The van der Waals surface area contributed by atoms with Gasteiger partial charge in [-0.05, 0) is 31.4 Å². The fourth-order valence-electron chi connectivity index (χ4n) is 1.63. The van der Waals surface area contributed by atoms with Crippen LogP contribution in [0.5, 0.6) is 0 Å². The Labute approximate surface area is 93.4 Å². The molecule has 0 aliphatic carbocycles. The van der Waals surface area contributed by atoms with E-state index < -0.39 is 0 Å². The molecule has 0 saturated heterocycles. The van der Waals surface area contributed by atoms with Gasteiger partial charge in [0.2, 0.25) is 0 Å². The molecule has 0 bridgehead atoms. The lowest BCUT2D eigenvalue weighted by Gasteiger charge is -2.18. The summed E-state index contributed by atoms with van der Waals surface area (Å²) in [5.74, 6) is 0. The van der Waals surface area contributed by atoms with E-state index in [1.807, 2.05) is 6.08 Å². The van der Waals surface area contributed by atoms with Crippen LogP contribution in [0.25, 0.3) is 0 Å². The van der Waals surface area contributed by atoms with Gasteiger partial charge in [-0.3, -0.25) is 0 Å². The first kappa shape index (κ1) is 11.8. The van der Waals surface area contributed by atoms with Gasteiger partial charge in [0.15, 0.2) is 0 Å². The fraction of sp³-hybridized carbons (Fsp3) is 0.429. The predicted molar refractivity (Wildman–Crippen MR) is 68.4 cm³/mol. The quantitative estimate of drug-likeness (QED) is 0.480. The van der Waals surface area contributed by atoms with E-state index in [1.165, 1.54) is 24.9 Å². The highest BCUT2D eigenvalue weighted by Gasteiger charge is 1.98. The molecular formula is C14H21N. The maximum absolute atomic E-state index is 3.73. The highest BCUT2D eigenvalue weighted by atomic mass is 15.1. The van der Waals surface area contributed by atoms with E-state index in [0.29, 0.717) is 0 Å². The van der Waals surface area contributed by atoms with Gasteiger partial charge in [0.1, 0.15) is 0 Å². The summed E-state index contributed by atoms with van der Waals surface area (Å²) in [5, 5.41) is 0. The summed E-state index contributed by atoms with van der Waals surface area (Å²) >= 11 is 0. The maximum Gasteiger partial charge on any atom is 0.0363 e. The Bertz CT molecular complexity index is 266. The van der Waals surface area contributed by atoms with Crippen molar-refractivity contribution in [3.05, 3.63) is 43.0 Å². The first-order valence-electron chi connectivity index (χ1n) is 5.71. The van der Waals surface area contributed by atoms with Gasteiger partial charge in [-0.25, -0.2) is 0 Å². The second-order valence-corrected chi connectivity index (χ2v) is 3.90. The third kappa shape index (κ3) is 4.68. The molecule has 82 valence electrons. The Balaban J connectivity index is 2.19. The lowest BCUT2D eigenvalue weighted by molar-refractivity contribution is 0.679. The van der Waals surface area contributed by atoms with Gasteiger partial charge in [0.25, 0.3) is 0 Å². The highest BCUT2D eigenvalue weighted by molar-refractivity contribution is 5.44. The number of benzene rings is 1. The van der Waals surface area contributed by atoms with Gasteiger partial charge in [-0.2, -0.15) is 0 Å². The first-order valence-corrected chi connectivity index (χ1v) is 5.71. The van der Waals surface area contributed by atoms with Crippen LogP contribution in [0, 0.1) is 0 Å². The van der Waals surface area contributed by atoms with Gasteiger partial charge < -0.3 is 4.90 Å². The standard InChI is InChI=1S/C14H21N/c1-3-4-5-6-10-13-15(2)14-11-8-7-9-12-14/h3,7-9,11-12H,1,4-6,10,13H2,2H3.